The zero-order chi connectivity index (χ0) is 19.8. The van der Waals surface area contributed by atoms with E-state index in [1.54, 1.807) is 6.07 Å². The van der Waals surface area contributed by atoms with Crippen molar-refractivity contribution in [2.75, 3.05) is 18.0 Å². The molecular weight excluding hydrogens is 364 g/mol. The molecule has 10 nitrogen and oxygen atoms in total. The second-order valence-corrected chi connectivity index (χ2v) is 6.83. The third kappa shape index (κ3) is 3.13. The molecule has 0 radical (unpaired) electrons. The Morgan fingerprint density at radius 1 is 1.04 bits per heavy atom. The molecule has 1 aliphatic rings. The van der Waals surface area contributed by atoms with E-state index in [2.05, 4.69) is 24.8 Å². The van der Waals surface area contributed by atoms with E-state index in [1.165, 1.54) is 19.7 Å². The molecule has 1 saturated heterocycles. The summed E-state index contributed by atoms with van der Waals surface area (Å²) in [6, 6.07) is 3.58. The van der Waals surface area contributed by atoms with Gasteiger partial charge in [0.05, 0.1) is 22.4 Å². The van der Waals surface area contributed by atoms with Gasteiger partial charge in [-0.1, -0.05) is 0 Å². The highest BCUT2D eigenvalue weighted by Gasteiger charge is 2.17. The van der Waals surface area contributed by atoms with Crippen LogP contribution in [0.3, 0.4) is 0 Å². The quantitative estimate of drug-likeness (QED) is 0.492. The van der Waals surface area contributed by atoms with Gasteiger partial charge in [0, 0.05) is 26.4 Å². The molecule has 0 unspecified atom stereocenters. The van der Waals surface area contributed by atoms with E-state index in [0.717, 1.165) is 36.2 Å². The molecule has 0 spiro atoms. The Morgan fingerprint density at radius 2 is 1.71 bits per heavy atom. The second-order valence-electron chi connectivity index (χ2n) is 6.83. The molecule has 3 aromatic rings. The van der Waals surface area contributed by atoms with Gasteiger partial charge in [0.1, 0.15) is 5.56 Å². The first-order chi connectivity index (χ1) is 13.4. The van der Waals surface area contributed by atoms with Gasteiger partial charge in [-0.05, 0) is 31.4 Å². The van der Waals surface area contributed by atoms with Gasteiger partial charge in [0.2, 0.25) is 5.88 Å². The van der Waals surface area contributed by atoms with Gasteiger partial charge in [-0.15, -0.1) is 0 Å². The van der Waals surface area contributed by atoms with Crippen LogP contribution in [0.5, 0.6) is 5.88 Å². The van der Waals surface area contributed by atoms with Crippen molar-refractivity contribution in [3.63, 3.8) is 0 Å². The lowest BCUT2D eigenvalue weighted by molar-refractivity contribution is 0.417. The number of nitrogens with zero attached hydrogens (tertiary/aromatic N) is 3. The number of aromatic nitrogens is 4. The third-order valence-electron chi connectivity index (χ3n) is 4.97. The fourth-order valence-corrected chi connectivity index (χ4v) is 3.43. The SMILES string of the molecule is Cn1c(O)c(C=Nc2cc3[nH]c(=O)[nH]c3cc2N2CCCCC2)c(=O)[nH]c1=O. The number of aromatic amines is 3. The lowest BCUT2D eigenvalue weighted by Crippen LogP contribution is -2.30. The van der Waals surface area contributed by atoms with Gasteiger partial charge in [-0.3, -0.25) is 19.3 Å². The number of aromatic hydroxyl groups is 1. The fourth-order valence-electron chi connectivity index (χ4n) is 3.43. The summed E-state index contributed by atoms with van der Waals surface area (Å²) in [6.45, 7) is 1.74. The Hall–Kier alpha value is -3.56. The average Bonchev–Trinajstić information content (AvgIpc) is 3.05. The van der Waals surface area contributed by atoms with E-state index in [-0.39, 0.29) is 11.3 Å². The van der Waals surface area contributed by atoms with Gasteiger partial charge in [-0.2, -0.15) is 0 Å². The Balaban J connectivity index is 1.84. The van der Waals surface area contributed by atoms with Crippen LogP contribution in [0.2, 0.25) is 0 Å². The highest BCUT2D eigenvalue weighted by molar-refractivity contribution is 5.91. The van der Waals surface area contributed by atoms with Crippen molar-refractivity contribution >= 4 is 28.6 Å². The first-order valence-electron chi connectivity index (χ1n) is 9.01. The smallest absolute Gasteiger partial charge is 0.330 e. The minimum atomic E-state index is -0.722. The molecule has 28 heavy (non-hydrogen) atoms. The summed E-state index contributed by atoms with van der Waals surface area (Å²) in [5, 5.41) is 10.1. The summed E-state index contributed by atoms with van der Waals surface area (Å²) in [6.07, 6.45) is 4.52. The van der Waals surface area contributed by atoms with E-state index >= 15 is 0 Å². The van der Waals surface area contributed by atoms with Crippen LogP contribution in [0.1, 0.15) is 24.8 Å². The molecule has 0 bridgehead atoms. The molecule has 0 saturated carbocycles. The molecule has 0 aliphatic carbocycles. The number of hydrogen-bond donors (Lipinski definition) is 4. The van der Waals surface area contributed by atoms with Gasteiger partial charge in [0.15, 0.2) is 0 Å². The van der Waals surface area contributed by atoms with Crippen molar-refractivity contribution in [2.45, 2.75) is 19.3 Å². The van der Waals surface area contributed by atoms with Crippen molar-refractivity contribution in [2.24, 2.45) is 12.0 Å². The molecule has 3 heterocycles. The number of fused-ring (bicyclic) bond motifs is 1. The zero-order valence-corrected chi connectivity index (χ0v) is 15.3. The molecule has 1 aliphatic heterocycles. The number of benzene rings is 1. The van der Waals surface area contributed by atoms with Crippen LogP contribution >= 0.6 is 0 Å². The van der Waals surface area contributed by atoms with Gasteiger partial charge >= 0.3 is 11.4 Å². The number of nitrogens with one attached hydrogen (secondary N) is 3. The van der Waals surface area contributed by atoms with Crippen LogP contribution < -0.4 is 21.8 Å². The average molecular weight is 384 g/mol. The van der Waals surface area contributed by atoms with Crippen molar-refractivity contribution in [1.29, 1.82) is 0 Å². The monoisotopic (exact) mass is 384 g/mol. The lowest BCUT2D eigenvalue weighted by atomic mass is 10.1. The van der Waals surface area contributed by atoms with Crippen LogP contribution in [-0.4, -0.2) is 43.9 Å². The minimum Gasteiger partial charge on any atom is -0.494 e. The molecule has 0 amide bonds. The van der Waals surface area contributed by atoms with Gasteiger partial charge < -0.3 is 20.0 Å². The standard InChI is InChI=1S/C18H20N6O4/c1-23-16(26)10(15(25)22-18(23)28)9-19-13-7-11-12(21-17(27)20-11)8-14(13)24-5-3-2-4-6-24/h7-9,26H,2-6H2,1H3,(H2,20,21,27)(H,22,25,28). The number of piperidine rings is 1. The van der Waals surface area contributed by atoms with Gasteiger partial charge in [0.25, 0.3) is 5.56 Å². The number of rotatable bonds is 3. The van der Waals surface area contributed by atoms with E-state index in [9.17, 15) is 19.5 Å². The minimum absolute atomic E-state index is 0.116. The highest BCUT2D eigenvalue weighted by atomic mass is 16.3. The normalized spacial score (nSPS) is 15.0. The topological polar surface area (TPSA) is 139 Å². The van der Waals surface area contributed by atoms with Crippen LogP contribution in [0.25, 0.3) is 11.0 Å². The van der Waals surface area contributed by atoms with Crippen molar-refractivity contribution in [3.8, 4) is 5.88 Å². The maximum atomic E-state index is 12.1. The fraction of sp³-hybridized carbons (Fsp3) is 0.333. The summed E-state index contributed by atoms with van der Waals surface area (Å²) in [7, 11) is 1.35. The summed E-state index contributed by atoms with van der Waals surface area (Å²) < 4.78 is 0.932. The van der Waals surface area contributed by atoms with Crippen LogP contribution in [-0.2, 0) is 7.05 Å². The first-order valence-corrected chi connectivity index (χ1v) is 9.01. The molecule has 146 valence electrons. The molecular formula is C18H20N6O4. The Kier molecular flexibility index (Phi) is 4.38. The Bertz CT molecular complexity index is 1240. The number of H-pyrrole nitrogens is 3. The van der Waals surface area contributed by atoms with Crippen LogP contribution in [0.4, 0.5) is 11.4 Å². The summed E-state index contributed by atoms with van der Waals surface area (Å²) in [5.41, 5.74) is 0.794. The van der Waals surface area contributed by atoms with Crippen molar-refractivity contribution in [3.05, 3.63) is 49.0 Å². The third-order valence-corrected chi connectivity index (χ3v) is 4.97. The maximum Gasteiger partial charge on any atom is 0.330 e. The predicted octanol–water partition coefficient (Wildman–Crippen LogP) is 0.690. The molecule has 1 aromatic carbocycles. The highest BCUT2D eigenvalue weighted by Crippen LogP contribution is 2.33. The van der Waals surface area contributed by atoms with E-state index in [0.29, 0.717) is 16.7 Å². The maximum absolute atomic E-state index is 12.1. The molecule has 0 atom stereocenters. The molecule has 4 N–H and O–H groups in total. The molecule has 4 rings (SSSR count). The van der Waals surface area contributed by atoms with E-state index < -0.39 is 17.1 Å². The molecule has 1 fully saturated rings. The van der Waals surface area contributed by atoms with Crippen molar-refractivity contribution < 1.29 is 5.11 Å². The largest absolute Gasteiger partial charge is 0.494 e. The van der Waals surface area contributed by atoms with Crippen molar-refractivity contribution in [1.82, 2.24) is 19.5 Å². The van der Waals surface area contributed by atoms with Crippen LogP contribution in [0.15, 0.2) is 31.5 Å². The van der Waals surface area contributed by atoms with Crippen LogP contribution in [0, 0.1) is 0 Å². The van der Waals surface area contributed by atoms with E-state index in [4.69, 9.17) is 0 Å². The molecule has 2 aromatic heterocycles. The number of anilines is 1. The zero-order valence-electron chi connectivity index (χ0n) is 15.3. The predicted molar refractivity (Wildman–Crippen MR) is 106 cm³/mol. The summed E-state index contributed by atoms with van der Waals surface area (Å²) >= 11 is 0. The first kappa shape index (κ1) is 17.8. The van der Waals surface area contributed by atoms with E-state index in [1.807, 2.05) is 6.07 Å². The number of hydrogen-bond acceptors (Lipinski definition) is 6. The summed E-state index contributed by atoms with van der Waals surface area (Å²) in [4.78, 5) is 49.4. The Morgan fingerprint density at radius 3 is 2.43 bits per heavy atom. The lowest BCUT2D eigenvalue weighted by Gasteiger charge is -2.29. The number of aliphatic imine (C=N–C) groups is 1. The molecule has 10 heteroatoms. The number of imidazole rings is 1. The second kappa shape index (κ2) is 6.87. The summed E-state index contributed by atoms with van der Waals surface area (Å²) in [5.74, 6) is -0.465. The van der Waals surface area contributed by atoms with Gasteiger partial charge in [-0.25, -0.2) is 9.59 Å². The Labute approximate surface area is 158 Å².